The molecule has 0 unspecified atom stereocenters. The first-order valence-electron chi connectivity index (χ1n) is 5.44. The summed E-state index contributed by atoms with van der Waals surface area (Å²) in [4.78, 5) is 4.19. The number of ether oxygens (including phenoxy) is 1. The van der Waals surface area contributed by atoms with Crippen molar-refractivity contribution in [1.29, 1.82) is 0 Å². The quantitative estimate of drug-likeness (QED) is 0.746. The smallest absolute Gasteiger partial charge is 0.259 e. The van der Waals surface area contributed by atoms with Crippen LogP contribution in [0.2, 0.25) is 0 Å². The Balaban J connectivity index is 2.21. The number of pyridine rings is 1. The molecule has 0 aliphatic heterocycles. The van der Waals surface area contributed by atoms with Crippen molar-refractivity contribution in [2.45, 2.75) is 0 Å². The maximum atomic E-state index is 5.72. The molecular formula is C13H11N3O2. The molecule has 2 aromatic heterocycles. The molecule has 3 rings (SSSR count). The summed E-state index contributed by atoms with van der Waals surface area (Å²) in [6.07, 6.45) is 1.71. The van der Waals surface area contributed by atoms with Gasteiger partial charge in [-0.2, -0.15) is 0 Å². The first kappa shape index (κ1) is 10.6. The monoisotopic (exact) mass is 241 g/mol. The van der Waals surface area contributed by atoms with Crippen LogP contribution in [0.1, 0.15) is 0 Å². The maximum Gasteiger partial charge on any atom is 0.259 e. The predicted octanol–water partition coefficient (Wildman–Crippen LogP) is 2.48. The zero-order chi connectivity index (χ0) is 12.5. The summed E-state index contributed by atoms with van der Waals surface area (Å²) < 4.78 is 10.3. The summed E-state index contributed by atoms with van der Waals surface area (Å²) >= 11 is 0. The summed E-state index contributed by atoms with van der Waals surface area (Å²) in [6, 6.07) is 9.62. The van der Waals surface area contributed by atoms with E-state index in [-0.39, 0.29) is 0 Å². The summed E-state index contributed by atoms with van der Waals surface area (Å²) in [7, 11) is 1.64. The Morgan fingerprint density at radius 2 is 2.11 bits per heavy atom. The van der Waals surface area contributed by atoms with Gasteiger partial charge in [0.15, 0.2) is 5.82 Å². The van der Waals surface area contributed by atoms with Gasteiger partial charge in [0.05, 0.1) is 12.5 Å². The molecule has 0 fully saturated rings. The third kappa shape index (κ3) is 1.57. The molecule has 2 N–H and O–H groups in total. The highest BCUT2D eigenvalue weighted by Crippen LogP contribution is 2.31. The second kappa shape index (κ2) is 4.03. The molecule has 90 valence electrons. The molecular weight excluding hydrogens is 230 g/mol. The van der Waals surface area contributed by atoms with Crippen LogP contribution in [-0.4, -0.2) is 17.3 Å². The van der Waals surface area contributed by atoms with E-state index < -0.39 is 0 Å². The van der Waals surface area contributed by atoms with E-state index in [1.807, 2.05) is 30.3 Å². The predicted molar refractivity (Wildman–Crippen MR) is 68.2 cm³/mol. The van der Waals surface area contributed by atoms with E-state index >= 15 is 0 Å². The molecule has 0 aliphatic rings. The van der Waals surface area contributed by atoms with Gasteiger partial charge >= 0.3 is 0 Å². The van der Waals surface area contributed by atoms with Gasteiger partial charge in [0.1, 0.15) is 5.75 Å². The minimum atomic E-state index is 0.342. The molecule has 1 aromatic carbocycles. The van der Waals surface area contributed by atoms with E-state index in [0.717, 1.165) is 16.9 Å². The van der Waals surface area contributed by atoms with E-state index in [2.05, 4.69) is 10.1 Å². The molecule has 0 bridgehead atoms. The average molecular weight is 241 g/mol. The van der Waals surface area contributed by atoms with Gasteiger partial charge in [-0.1, -0.05) is 23.4 Å². The van der Waals surface area contributed by atoms with E-state index in [4.69, 9.17) is 15.0 Å². The fourth-order valence-electron chi connectivity index (χ4n) is 1.88. The van der Waals surface area contributed by atoms with Crippen LogP contribution in [-0.2, 0) is 0 Å². The van der Waals surface area contributed by atoms with Gasteiger partial charge in [-0.3, -0.25) is 0 Å². The summed E-state index contributed by atoms with van der Waals surface area (Å²) in [6.45, 7) is 0. The Morgan fingerprint density at radius 1 is 1.28 bits per heavy atom. The lowest BCUT2D eigenvalue weighted by Gasteiger charge is -2.07. The lowest BCUT2D eigenvalue weighted by Crippen LogP contribution is -1.89. The number of para-hydroxylation sites is 1. The Kier molecular flexibility index (Phi) is 2.37. The van der Waals surface area contributed by atoms with E-state index in [1.165, 1.54) is 0 Å². The second-order valence-corrected chi connectivity index (χ2v) is 3.84. The van der Waals surface area contributed by atoms with Gasteiger partial charge in [-0.25, -0.2) is 4.98 Å². The number of methoxy groups -OCH3 is 1. The van der Waals surface area contributed by atoms with Crippen molar-refractivity contribution in [3.63, 3.8) is 0 Å². The van der Waals surface area contributed by atoms with Crippen LogP contribution in [0.4, 0.5) is 5.82 Å². The van der Waals surface area contributed by atoms with Gasteiger partial charge in [-0.15, -0.1) is 0 Å². The Bertz CT molecular complexity index is 706. The third-order valence-electron chi connectivity index (χ3n) is 2.78. The Hall–Kier alpha value is -2.56. The molecule has 0 atom stereocenters. The number of hydrogen-bond donors (Lipinski definition) is 1. The van der Waals surface area contributed by atoms with Crippen LogP contribution in [0.25, 0.3) is 22.2 Å². The second-order valence-electron chi connectivity index (χ2n) is 3.84. The van der Waals surface area contributed by atoms with Crippen LogP contribution < -0.4 is 10.5 Å². The number of benzene rings is 1. The van der Waals surface area contributed by atoms with Crippen molar-refractivity contribution in [2.24, 2.45) is 0 Å². The standard InChI is InChI=1S/C13H11N3O2/c1-17-11-5-3-2-4-9(11)8-6-10-12(14)16-18-13(10)15-7-8/h2-7H,1H3,(H2,14,16). The number of anilines is 1. The largest absolute Gasteiger partial charge is 0.496 e. The molecule has 2 heterocycles. The molecule has 0 radical (unpaired) electrons. The summed E-state index contributed by atoms with van der Waals surface area (Å²) in [5, 5.41) is 4.39. The highest BCUT2D eigenvalue weighted by atomic mass is 16.5. The number of nitrogens with two attached hydrogens (primary N) is 1. The maximum absolute atomic E-state index is 5.72. The fraction of sp³-hybridized carbons (Fsp3) is 0.0769. The molecule has 18 heavy (non-hydrogen) atoms. The average Bonchev–Trinajstić information content (AvgIpc) is 2.80. The van der Waals surface area contributed by atoms with Gasteiger partial charge in [0.25, 0.3) is 5.71 Å². The zero-order valence-corrected chi connectivity index (χ0v) is 9.75. The number of nitrogen functional groups attached to an aromatic ring is 1. The number of aromatic nitrogens is 2. The molecule has 0 saturated heterocycles. The normalized spacial score (nSPS) is 10.7. The minimum absolute atomic E-state index is 0.342. The van der Waals surface area contributed by atoms with Gasteiger partial charge in [0.2, 0.25) is 0 Å². The van der Waals surface area contributed by atoms with Crippen LogP contribution in [0, 0.1) is 0 Å². The van der Waals surface area contributed by atoms with Gasteiger partial charge in [-0.05, 0) is 12.1 Å². The minimum Gasteiger partial charge on any atom is -0.496 e. The Labute approximate surface area is 103 Å². The fourth-order valence-corrected chi connectivity index (χ4v) is 1.88. The molecule has 0 amide bonds. The molecule has 5 heteroatoms. The first-order chi connectivity index (χ1) is 8.79. The van der Waals surface area contributed by atoms with Crippen LogP contribution >= 0.6 is 0 Å². The lowest BCUT2D eigenvalue weighted by atomic mass is 10.1. The molecule has 3 aromatic rings. The van der Waals surface area contributed by atoms with Crippen molar-refractivity contribution in [3.05, 3.63) is 36.5 Å². The number of hydrogen-bond acceptors (Lipinski definition) is 5. The van der Waals surface area contributed by atoms with E-state index in [9.17, 15) is 0 Å². The van der Waals surface area contributed by atoms with Gasteiger partial charge in [0, 0.05) is 17.3 Å². The molecule has 5 nitrogen and oxygen atoms in total. The number of fused-ring (bicyclic) bond motifs is 1. The topological polar surface area (TPSA) is 74.2 Å². The van der Waals surface area contributed by atoms with Crippen molar-refractivity contribution in [1.82, 2.24) is 10.1 Å². The van der Waals surface area contributed by atoms with Crippen molar-refractivity contribution in [2.75, 3.05) is 12.8 Å². The van der Waals surface area contributed by atoms with Crippen LogP contribution in [0.5, 0.6) is 5.75 Å². The summed E-state index contributed by atoms with van der Waals surface area (Å²) in [5.41, 5.74) is 8.02. The molecule has 0 aliphatic carbocycles. The SMILES string of the molecule is COc1ccccc1-c1cnc2onc(N)c2c1. The van der Waals surface area contributed by atoms with Crippen molar-refractivity contribution in [3.8, 4) is 16.9 Å². The van der Waals surface area contributed by atoms with Crippen LogP contribution in [0.3, 0.4) is 0 Å². The number of rotatable bonds is 2. The highest BCUT2D eigenvalue weighted by Gasteiger charge is 2.10. The van der Waals surface area contributed by atoms with Crippen molar-refractivity contribution >= 4 is 16.9 Å². The zero-order valence-electron chi connectivity index (χ0n) is 9.75. The first-order valence-corrected chi connectivity index (χ1v) is 5.44. The lowest BCUT2D eigenvalue weighted by molar-refractivity contribution is 0.416. The van der Waals surface area contributed by atoms with Crippen LogP contribution in [0.15, 0.2) is 41.1 Å². The number of nitrogens with zero attached hydrogens (tertiary/aromatic N) is 2. The van der Waals surface area contributed by atoms with Gasteiger partial charge < -0.3 is 15.0 Å². The van der Waals surface area contributed by atoms with E-state index in [1.54, 1.807) is 13.3 Å². The van der Waals surface area contributed by atoms with Crippen molar-refractivity contribution < 1.29 is 9.26 Å². The molecule has 0 spiro atoms. The highest BCUT2D eigenvalue weighted by molar-refractivity contribution is 5.88. The molecule has 0 saturated carbocycles. The Morgan fingerprint density at radius 3 is 2.94 bits per heavy atom. The third-order valence-corrected chi connectivity index (χ3v) is 2.78. The van der Waals surface area contributed by atoms with E-state index in [0.29, 0.717) is 16.9 Å². The summed E-state index contributed by atoms with van der Waals surface area (Å²) in [5.74, 6) is 1.13.